The van der Waals surface area contributed by atoms with Crippen LogP contribution in [0.3, 0.4) is 0 Å². The number of Topliss-reactive ketones (excluding diaryl/α,β-unsaturated/α-hetero) is 1. The fourth-order valence-corrected chi connectivity index (χ4v) is 3.89. The first-order chi connectivity index (χ1) is 10.5. The zero-order chi connectivity index (χ0) is 16.3. The van der Waals surface area contributed by atoms with Gasteiger partial charge in [0.1, 0.15) is 11.6 Å². The summed E-state index contributed by atoms with van der Waals surface area (Å²) >= 11 is 1.40. The van der Waals surface area contributed by atoms with Crippen molar-refractivity contribution >= 4 is 17.5 Å². The van der Waals surface area contributed by atoms with Crippen molar-refractivity contribution in [2.24, 2.45) is 5.73 Å². The Morgan fingerprint density at radius 2 is 2.09 bits per heavy atom. The number of ketones is 1. The average molecular weight is 318 g/mol. The van der Waals surface area contributed by atoms with Crippen molar-refractivity contribution in [3.63, 3.8) is 0 Å². The number of imidazole rings is 1. The van der Waals surface area contributed by atoms with Crippen LogP contribution in [0.15, 0.2) is 16.4 Å². The first kappa shape index (κ1) is 16.6. The summed E-state index contributed by atoms with van der Waals surface area (Å²) in [5.41, 5.74) is 8.10. The Balaban J connectivity index is 2.17. The summed E-state index contributed by atoms with van der Waals surface area (Å²) in [4.78, 5) is 16.7. The molecule has 1 saturated carbocycles. The minimum absolute atomic E-state index is 0.0555. The summed E-state index contributed by atoms with van der Waals surface area (Å²) in [7, 11) is 0. The molecule has 0 unspecified atom stereocenters. The fraction of sp³-hybridized carbons (Fsp3) is 0.562. The SMILES string of the molecule is C/C(N)=C(\C#N)C(=O)CSc1nc(C)c(C)n1C1CCCC1. The highest BCUT2D eigenvalue weighted by molar-refractivity contribution is 7.99. The predicted octanol–water partition coefficient (Wildman–Crippen LogP) is 3.03. The number of allylic oxidation sites excluding steroid dienone is 2. The lowest BCUT2D eigenvalue weighted by Crippen LogP contribution is -2.12. The van der Waals surface area contributed by atoms with E-state index in [1.807, 2.05) is 13.0 Å². The Morgan fingerprint density at radius 1 is 1.45 bits per heavy atom. The Morgan fingerprint density at radius 3 is 2.64 bits per heavy atom. The van der Waals surface area contributed by atoms with Crippen LogP contribution in [0.2, 0.25) is 0 Å². The number of nitrogens with zero attached hydrogens (tertiary/aromatic N) is 3. The van der Waals surface area contributed by atoms with Crippen LogP contribution in [0.25, 0.3) is 0 Å². The second-order valence-electron chi connectivity index (χ2n) is 5.76. The summed E-state index contributed by atoms with van der Waals surface area (Å²) in [6, 6.07) is 2.38. The van der Waals surface area contributed by atoms with Gasteiger partial charge in [0.2, 0.25) is 0 Å². The summed E-state index contributed by atoms with van der Waals surface area (Å²) < 4.78 is 2.27. The fourth-order valence-electron chi connectivity index (χ4n) is 2.86. The number of carbonyl (C=O) groups is 1. The van der Waals surface area contributed by atoms with Gasteiger partial charge in [-0.3, -0.25) is 4.79 Å². The molecular weight excluding hydrogens is 296 g/mol. The summed E-state index contributed by atoms with van der Waals surface area (Å²) in [5.74, 6) is -0.0381. The van der Waals surface area contributed by atoms with E-state index in [9.17, 15) is 4.79 Å². The van der Waals surface area contributed by atoms with Crippen molar-refractivity contribution in [2.75, 3.05) is 5.75 Å². The molecule has 118 valence electrons. The highest BCUT2D eigenvalue weighted by atomic mass is 32.2. The van der Waals surface area contributed by atoms with E-state index >= 15 is 0 Å². The van der Waals surface area contributed by atoms with Gasteiger partial charge in [-0.15, -0.1) is 0 Å². The van der Waals surface area contributed by atoms with Crippen molar-refractivity contribution in [1.82, 2.24) is 9.55 Å². The predicted molar refractivity (Wildman–Crippen MR) is 87.4 cm³/mol. The molecule has 1 aliphatic rings. The number of hydrogen-bond donors (Lipinski definition) is 1. The highest BCUT2D eigenvalue weighted by Gasteiger charge is 2.24. The number of aromatic nitrogens is 2. The molecule has 2 N–H and O–H groups in total. The lowest BCUT2D eigenvalue weighted by atomic mass is 10.2. The van der Waals surface area contributed by atoms with E-state index in [2.05, 4.69) is 16.5 Å². The minimum atomic E-state index is -0.233. The number of rotatable bonds is 5. The first-order valence-corrected chi connectivity index (χ1v) is 8.52. The van der Waals surface area contributed by atoms with Gasteiger partial charge in [-0.05, 0) is 33.6 Å². The maximum Gasteiger partial charge on any atom is 0.185 e. The van der Waals surface area contributed by atoms with E-state index in [4.69, 9.17) is 11.0 Å². The molecule has 2 rings (SSSR count). The third kappa shape index (κ3) is 3.36. The average Bonchev–Trinajstić information content (AvgIpc) is 3.06. The Hall–Kier alpha value is -1.74. The molecule has 1 aromatic heterocycles. The largest absolute Gasteiger partial charge is 0.401 e. The van der Waals surface area contributed by atoms with Gasteiger partial charge < -0.3 is 10.3 Å². The molecule has 0 bridgehead atoms. The number of nitrogens with two attached hydrogens (primary N) is 1. The quantitative estimate of drug-likeness (QED) is 0.512. The van der Waals surface area contributed by atoms with Crippen molar-refractivity contribution in [3.8, 4) is 6.07 Å². The van der Waals surface area contributed by atoms with Crippen LogP contribution in [-0.4, -0.2) is 21.1 Å². The zero-order valence-corrected chi connectivity index (χ0v) is 14.2. The Labute approximate surface area is 135 Å². The molecule has 5 nitrogen and oxygen atoms in total. The van der Waals surface area contributed by atoms with Crippen LogP contribution in [-0.2, 0) is 4.79 Å². The lowest BCUT2D eigenvalue weighted by molar-refractivity contribution is -0.112. The van der Waals surface area contributed by atoms with Crippen molar-refractivity contribution in [1.29, 1.82) is 5.26 Å². The second-order valence-corrected chi connectivity index (χ2v) is 6.70. The van der Waals surface area contributed by atoms with Crippen LogP contribution in [0.4, 0.5) is 0 Å². The molecular formula is C16H22N4OS. The second kappa shape index (κ2) is 7.01. The number of nitriles is 1. The zero-order valence-electron chi connectivity index (χ0n) is 13.3. The van der Waals surface area contributed by atoms with E-state index in [0.717, 1.165) is 10.9 Å². The number of thioether (sulfide) groups is 1. The smallest absolute Gasteiger partial charge is 0.185 e. The van der Waals surface area contributed by atoms with Gasteiger partial charge in [-0.1, -0.05) is 24.6 Å². The van der Waals surface area contributed by atoms with E-state index in [0.29, 0.717) is 6.04 Å². The molecule has 0 spiro atoms. The standard InChI is InChI=1S/C16H22N4OS/c1-10(18)14(8-17)15(21)9-22-16-19-11(2)12(3)20(16)13-6-4-5-7-13/h13H,4-7,9,18H2,1-3H3/b14-10-. The summed E-state index contributed by atoms with van der Waals surface area (Å²) in [6.07, 6.45) is 4.84. The minimum Gasteiger partial charge on any atom is -0.401 e. The molecule has 1 aromatic rings. The molecule has 0 aromatic carbocycles. The molecule has 1 fully saturated rings. The third-order valence-corrected chi connectivity index (χ3v) is 5.11. The summed E-state index contributed by atoms with van der Waals surface area (Å²) in [5, 5.41) is 9.88. The molecule has 1 heterocycles. The van der Waals surface area contributed by atoms with Crippen LogP contribution in [0, 0.1) is 25.2 Å². The van der Waals surface area contributed by atoms with Gasteiger partial charge in [0.15, 0.2) is 10.9 Å². The van der Waals surface area contributed by atoms with E-state index in [-0.39, 0.29) is 22.8 Å². The number of hydrogen-bond acceptors (Lipinski definition) is 5. The lowest BCUT2D eigenvalue weighted by Gasteiger charge is -2.16. The molecule has 0 saturated heterocycles. The van der Waals surface area contributed by atoms with E-state index in [1.165, 1.54) is 43.1 Å². The number of aryl methyl sites for hydroxylation is 1. The van der Waals surface area contributed by atoms with Gasteiger partial charge in [-0.2, -0.15) is 5.26 Å². The third-order valence-electron chi connectivity index (χ3n) is 4.16. The maximum absolute atomic E-state index is 12.1. The van der Waals surface area contributed by atoms with Crippen LogP contribution >= 0.6 is 11.8 Å². The van der Waals surface area contributed by atoms with Gasteiger partial charge in [0.25, 0.3) is 0 Å². The molecule has 6 heteroatoms. The molecule has 22 heavy (non-hydrogen) atoms. The molecule has 0 aliphatic heterocycles. The van der Waals surface area contributed by atoms with Crippen LogP contribution < -0.4 is 5.73 Å². The van der Waals surface area contributed by atoms with Crippen molar-refractivity contribution in [2.45, 2.75) is 57.7 Å². The van der Waals surface area contributed by atoms with Gasteiger partial charge in [-0.25, -0.2) is 4.98 Å². The molecule has 0 amide bonds. The monoisotopic (exact) mass is 318 g/mol. The first-order valence-electron chi connectivity index (χ1n) is 7.53. The topological polar surface area (TPSA) is 84.7 Å². The van der Waals surface area contributed by atoms with Crippen molar-refractivity contribution in [3.05, 3.63) is 22.7 Å². The van der Waals surface area contributed by atoms with Crippen LogP contribution in [0.5, 0.6) is 0 Å². The van der Waals surface area contributed by atoms with E-state index < -0.39 is 0 Å². The van der Waals surface area contributed by atoms with Gasteiger partial charge in [0, 0.05) is 17.4 Å². The summed E-state index contributed by atoms with van der Waals surface area (Å²) in [6.45, 7) is 5.66. The normalized spacial score (nSPS) is 16.5. The van der Waals surface area contributed by atoms with Gasteiger partial charge in [0.05, 0.1) is 11.4 Å². The Bertz CT molecular complexity index is 644. The van der Waals surface area contributed by atoms with Crippen LogP contribution in [0.1, 0.15) is 50.0 Å². The highest BCUT2D eigenvalue weighted by Crippen LogP contribution is 2.35. The maximum atomic E-state index is 12.1. The Kier molecular flexibility index (Phi) is 5.30. The molecule has 1 aliphatic carbocycles. The molecule has 0 radical (unpaired) electrons. The molecule has 0 atom stereocenters. The van der Waals surface area contributed by atoms with E-state index in [1.54, 1.807) is 6.92 Å². The number of carbonyl (C=O) groups excluding carboxylic acids is 1. The van der Waals surface area contributed by atoms with Gasteiger partial charge >= 0.3 is 0 Å². The van der Waals surface area contributed by atoms with Crippen molar-refractivity contribution < 1.29 is 4.79 Å².